The summed E-state index contributed by atoms with van der Waals surface area (Å²) < 4.78 is 10.5. The Hall–Kier alpha value is -2.04. The van der Waals surface area contributed by atoms with Gasteiger partial charge in [-0.15, -0.1) is 0 Å². The Balaban J connectivity index is 1.68. The normalized spacial score (nSPS) is 15.8. The van der Waals surface area contributed by atoms with Crippen LogP contribution in [0.4, 0.5) is 0 Å². The van der Waals surface area contributed by atoms with Crippen LogP contribution in [0.15, 0.2) is 18.2 Å². The number of ether oxygens (including phenoxy) is 2. The summed E-state index contributed by atoms with van der Waals surface area (Å²) in [5.74, 6) is -0.102. The third-order valence-corrected chi connectivity index (χ3v) is 4.73. The Bertz CT molecular complexity index is 577. The predicted molar refractivity (Wildman–Crippen MR) is 96.6 cm³/mol. The summed E-state index contributed by atoms with van der Waals surface area (Å²) in [5, 5.41) is 2.98. The van der Waals surface area contributed by atoms with E-state index in [1.165, 1.54) is 19.3 Å². The zero-order valence-corrected chi connectivity index (χ0v) is 15.3. The fourth-order valence-corrected chi connectivity index (χ4v) is 3.07. The molecule has 0 bridgehead atoms. The molecule has 0 aromatic heterocycles. The summed E-state index contributed by atoms with van der Waals surface area (Å²) in [6, 6.07) is 5.89. The van der Waals surface area contributed by atoms with Crippen molar-refractivity contribution in [1.29, 1.82) is 0 Å². The monoisotopic (exact) mass is 347 g/mol. The minimum Gasteiger partial charge on any atom is -0.482 e. The van der Waals surface area contributed by atoms with Crippen LogP contribution in [0.1, 0.15) is 56.1 Å². The first-order valence-electron chi connectivity index (χ1n) is 9.20. The molecule has 0 atom stereocenters. The number of hydrogen-bond acceptors (Lipinski definition) is 4. The van der Waals surface area contributed by atoms with Gasteiger partial charge in [-0.3, -0.25) is 4.79 Å². The van der Waals surface area contributed by atoms with Gasteiger partial charge in [0.1, 0.15) is 5.75 Å². The van der Waals surface area contributed by atoms with Gasteiger partial charge in [0.15, 0.2) is 13.2 Å². The highest BCUT2D eigenvalue weighted by molar-refractivity contribution is 5.81. The van der Waals surface area contributed by atoms with Crippen molar-refractivity contribution >= 4 is 11.9 Å². The van der Waals surface area contributed by atoms with Crippen LogP contribution in [0.2, 0.25) is 0 Å². The average molecular weight is 347 g/mol. The molecule has 1 aliphatic carbocycles. The molecule has 1 saturated carbocycles. The first kappa shape index (κ1) is 19.3. The minimum absolute atomic E-state index is 0.193. The highest BCUT2D eigenvalue weighted by Gasteiger charge is 2.15. The van der Waals surface area contributed by atoms with Crippen molar-refractivity contribution < 1.29 is 19.1 Å². The minimum atomic E-state index is -0.534. The van der Waals surface area contributed by atoms with Gasteiger partial charge < -0.3 is 14.8 Å². The van der Waals surface area contributed by atoms with Crippen LogP contribution in [0, 0.1) is 13.8 Å². The lowest BCUT2D eigenvalue weighted by molar-refractivity contribution is -0.150. The van der Waals surface area contributed by atoms with Crippen molar-refractivity contribution in [3.05, 3.63) is 29.3 Å². The Kier molecular flexibility index (Phi) is 7.76. The van der Waals surface area contributed by atoms with E-state index in [1.54, 1.807) is 0 Å². The molecule has 1 aliphatic rings. The molecule has 0 unspecified atom stereocenters. The van der Waals surface area contributed by atoms with Gasteiger partial charge >= 0.3 is 5.97 Å². The predicted octanol–water partition coefficient (Wildman–Crippen LogP) is 3.45. The van der Waals surface area contributed by atoms with E-state index >= 15 is 0 Å². The standard InChI is InChI=1S/C20H29NO4/c1-15-9-8-12-18(16(15)2)24-14-20(23)25-13-19(22)21-17-10-6-4-3-5-7-11-17/h8-9,12,17H,3-7,10-11,13-14H2,1-2H3,(H,21,22). The molecule has 0 saturated heterocycles. The van der Waals surface area contributed by atoms with Crippen LogP contribution in [0.25, 0.3) is 0 Å². The quantitative estimate of drug-likeness (QED) is 0.801. The fraction of sp³-hybridized carbons (Fsp3) is 0.600. The number of esters is 1. The van der Waals surface area contributed by atoms with Gasteiger partial charge in [-0.05, 0) is 43.9 Å². The Labute approximate surface area is 150 Å². The van der Waals surface area contributed by atoms with Gasteiger partial charge in [-0.1, -0.05) is 44.2 Å². The van der Waals surface area contributed by atoms with Crippen molar-refractivity contribution in [3.8, 4) is 5.75 Å². The van der Waals surface area contributed by atoms with Crippen molar-refractivity contribution in [2.45, 2.75) is 64.8 Å². The second-order valence-electron chi connectivity index (χ2n) is 6.76. The lowest BCUT2D eigenvalue weighted by Crippen LogP contribution is -2.38. The van der Waals surface area contributed by atoms with Gasteiger partial charge in [-0.25, -0.2) is 4.79 Å². The van der Waals surface area contributed by atoms with Gasteiger partial charge in [0.2, 0.25) is 0 Å². The second kappa shape index (κ2) is 10.1. The van der Waals surface area contributed by atoms with E-state index in [0.29, 0.717) is 5.75 Å². The number of aryl methyl sites for hydroxylation is 1. The van der Waals surface area contributed by atoms with Gasteiger partial charge in [0.25, 0.3) is 5.91 Å². The van der Waals surface area contributed by atoms with Crippen molar-refractivity contribution in [3.63, 3.8) is 0 Å². The maximum Gasteiger partial charge on any atom is 0.344 e. The maximum atomic E-state index is 12.0. The zero-order chi connectivity index (χ0) is 18.1. The molecule has 1 fully saturated rings. The highest BCUT2D eigenvalue weighted by atomic mass is 16.6. The van der Waals surface area contributed by atoms with Crippen molar-refractivity contribution in [2.24, 2.45) is 0 Å². The van der Waals surface area contributed by atoms with E-state index in [-0.39, 0.29) is 25.2 Å². The fourth-order valence-electron chi connectivity index (χ4n) is 3.07. The number of amides is 1. The molecule has 5 nitrogen and oxygen atoms in total. The first-order chi connectivity index (χ1) is 12.1. The topological polar surface area (TPSA) is 64.6 Å². The summed E-state index contributed by atoms with van der Waals surface area (Å²) in [6.07, 6.45) is 8.07. The van der Waals surface area contributed by atoms with E-state index in [1.807, 2.05) is 32.0 Å². The summed E-state index contributed by atoms with van der Waals surface area (Å²) in [7, 11) is 0. The van der Waals surface area contributed by atoms with Crippen LogP contribution < -0.4 is 10.1 Å². The number of benzene rings is 1. The number of carbonyl (C=O) groups excluding carboxylic acids is 2. The van der Waals surface area contributed by atoms with E-state index in [2.05, 4.69) is 5.32 Å². The molecule has 1 aromatic carbocycles. The summed E-state index contributed by atoms with van der Waals surface area (Å²) in [4.78, 5) is 23.7. The molecule has 0 aliphatic heterocycles. The third kappa shape index (κ3) is 6.77. The van der Waals surface area contributed by atoms with Gasteiger partial charge in [0, 0.05) is 6.04 Å². The Morgan fingerprint density at radius 3 is 2.44 bits per heavy atom. The van der Waals surface area contributed by atoms with Gasteiger partial charge in [0.05, 0.1) is 0 Å². The number of hydrogen-bond donors (Lipinski definition) is 1. The molecule has 25 heavy (non-hydrogen) atoms. The summed E-state index contributed by atoms with van der Waals surface area (Å²) in [5.41, 5.74) is 2.10. The lowest BCUT2D eigenvalue weighted by Gasteiger charge is -2.20. The molecule has 0 heterocycles. The van der Waals surface area contributed by atoms with Crippen LogP contribution in [-0.2, 0) is 14.3 Å². The SMILES string of the molecule is Cc1cccc(OCC(=O)OCC(=O)NC2CCCCCCC2)c1C. The highest BCUT2D eigenvalue weighted by Crippen LogP contribution is 2.20. The number of nitrogens with one attached hydrogen (secondary N) is 1. The molecular weight excluding hydrogens is 318 g/mol. The first-order valence-corrected chi connectivity index (χ1v) is 9.20. The smallest absolute Gasteiger partial charge is 0.344 e. The van der Waals surface area contributed by atoms with E-state index < -0.39 is 5.97 Å². The molecule has 0 radical (unpaired) electrons. The molecule has 1 aromatic rings. The molecule has 2 rings (SSSR count). The summed E-state index contributed by atoms with van der Waals surface area (Å²) >= 11 is 0. The van der Waals surface area contributed by atoms with Gasteiger partial charge in [-0.2, -0.15) is 0 Å². The third-order valence-electron chi connectivity index (χ3n) is 4.73. The average Bonchev–Trinajstić information content (AvgIpc) is 2.56. The van der Waals surface area contributed by atoms with E-state index in [0.717, 1.165) is 36.8 Å². The van der Waals surface area contributed by atoms with Crippen LogP contribution in [0.3, 0.4) is 0 Å². The summed E-state index contributed by atoms with van der Waals surface area (Å²) in [6.45, 7) is 3.49. The van der Waals surface area contributed by atoms with E-state index in [4.69, 9.17) is 9.47 Å². The van der Waals surface area contributed by atoms with Crippen LogP contribution >= 0.6 is 0 Å². The molecule has 1 N–H and O–H groups in total. The molecule has 1 amide bonds. The molecule has 0 spiro atoms. The number of carbonyl (C=O) groups is 2. The second-order valence-corrected chi connectivity index (χ2v) is 6.76. The van der Waals surface area contributed by atoms with E-state index in [9.17, 15) is 9.59 Å². The molecular formula is C20H29NO4. The number of rotatable bonds is 6. The van der Waals surface area contributed by atoms with Crippen molar-refractivity contribution in [1.82, 2.24) is 5.32 Å². The Morgan fingerprint density at radius 2 is 1.72 bits per heavy atom. The zero-order valence-electron chi connectivity index (χ0n) is 15.3. The van der Waals surface area contributed by atoms with Crippen LogP contribution in [-0.4, -0.2) is 31.1 Å². The molecule has 138 valence electrons. The van der Waals surface area contributed by atoms with Crippen LogP contribution in [0.5, 0.6) is 5.75 Å². The molecule has 5 heteroatoms. The Morgan fingerprint density at radius 1 is 1.04 bits per heavy atom. The largest absolute Gasteiger partial charge is 0.482 e. The lowest BCUT2D eigenvalue weighted by atomic mass is 9.97. The maximum absolute atomic E-state index is 12.0. The van der Waals surface area contributed by atoms with Crippen molar-refractivity contribution in [2.75, 3.05) is 13.2 Å².